The SMILES string of the molecule is CC[C@H]1S/C(=C(\C#N)C(=O)NCc2ccccc2)N(c2ccc(F)cc2)C1=O. The maximum Gasteiger partial charge on any atom is 0.264 e. The van der Waals surface area contributed by atoms with Gasteiger partial charge in [-0.2, -0.15) is 5.26 Å². The van der Waals surface area contributed by atoms with E-state index in [-0.39, 0.29) is 23.1 Å². The van der Waals surface area contributed by atoms with E-state index in [2.05, 4.69) is 5.32 Å². The van der Waals surface area contributed by atoms with Gasteiger partial charge in [-0.1, -0.05) is 49.0 Å². The first-order valence-corrected chi connectivity index (χ1v) is 9.65. The highest BCUT2D eigenvalue weighted by atomic mass is 32.2. The molecule has 0 radical (unpaired) electrons. The van der Waals surface area contributed by atoms with Gasteiger partial charge in [-0.3, -0.25) is 14.5 Å². The van der Waals surface area contributed by atoms with Crippen LogP contribution in [0.2, 0.25) is 0 Å². The normalized spacial score (nSPS) is 18.0. The maximum atomic E-state index is 13.3. The van der Waals surface area contributed by atoms with Crippen molar-refractivity contribution in [2.45, 2.75) is 25.1 Å². The second-order valence-electron chi connectivity index (χ2n) is 6.13. The molecule has 0 spiro atoms. The molecule has 0 unspecified atom stereocenters. The second kappa shape index (κ2) is 8.72. The van der Waals surface area contributed by atoms with Crippen LogP contribution < -0.4 is 10.2 Å². The number of rotatable bonds is 5. The summed E-state index contributed by atoms with van der Waals surface area (Å²) >= 11 is 1.19. The average Bonchev–Trinajstić information content (AvgIpc) is 3.04. The largest absolute Gasteiger partial charge is 0.347 e. The van der Waals surface area contributed by atoms with Crippen LogP contribution in [0.1, 0.15) is 18.9 Å². The molecule has 1 heterocycles. The molecule has 0 saturated carbocycles. The van der Waals surface area contributed by atoms with Gasteiger partial charge in [0.25, 0.3) is 5.91 Å². The molecule has 28 heavy (non-hydrogen) atoms. The van der Waals surface area contributed by atoms with Crippen LogP contribution in [-0.2, 0) is 16.1 Å². The smallest absolute Gasteiger partial charge is 0.264 e. The Morgan fingerprint density at radius 3 is 2.50 bits per heavy atom. The molecular weight excluding hydrogens is 377 g/mol. The molecule has 1 fully saturated rings. The minimum Gasteiger partial charge on any atom is -0.347 e. The molecule has 1 aliphatic rings. The first kappa shape index (κ1) is 19.6. The summed E-state index contributed by atoms with van der Waals surface area (Å²) in [4.78, 5) is 26.8. The van der Waals surface area contributed by atoms with E-state index in [1.54, 1.807) is 0 Å². The van der Waals surface area contributed by atoms with Gasteiger partial charge in [-0.15, -0.1) is 0 Å². The number of thioether (sulfide) groups is 1. The van der Waals surface area contributed by atoms with Gasteiger partial charge < -0.3 is 5.32 Å². The van der Waals surface area contributed by atoms with Gasteiger partial charge in [0.2, 0.25) is 5.91 Å². The van der Waals surface area contributed by atoms with Gasteiger partial charge in [0, 0.05) is 12.2 Å². The lowest BCUT2D eigenvalue weighted by atomic mass is 10.2. The van der Waals surface area contributed by atoms with Crippen molar-refractivity contribution in [2.24, 2.45) is 0 Å². The molecular formula is C21H18FN3O2S. The van der Waals surface area contributed by atoms with Crippen LogP contribution in [0.4, 0.5) is 10.1 Å². The molecule has 2 aromatic carbocycles. The molecule has 1 N–H and O–H groups in total. The van der Waals surface area contributed by atoms with Gasteiger partial charge in [-0.05, 0) is 36.2 Å². The molecule has 0 aromatic heterocycles. The van der Waals surface area contributed by atoms with Crippen molar-refractivity contribution in [2.75, 3.05) is 4.90 Å². The fraction of sp³-hybridized carbons (Fsp3) is 0.190. The van der Waals surface area contributed by atoms with E-state index >= 15 is 0 Å². The van der Waals surface area contributed by atoms with Crippen molar-refractivity contribution in [1.82, 2.24) is 5.32 Å². The fourth-order valence-electron chi connectivity index (χ4n) is 2.81. The lowest BCUT2D eigenvalue weighted by molar-refractivity contribution is -0.117. The molecule has 0 bridgehead atoms. The number of hydrogen-bond donors (Lipinski definition) is 1. The van der Waals surface area contributed by atoms with E-state index in [1.165, 1.54) is 40.9 Å². The van der Waals surface area contributed by atoms with E-state index < -0.39 is 17.0 Å². The highest BCUT2D eigenvalue weighted by Crippen LogP contribution is 2.41. The van der Waals surface area contributed by atoms with Crippen molar-refractivity contribution in [3.05, 3.63) is 76.6 Å². The topological polar surface area (TPSA) is 73.2 Å². The summed E-state index contributed by atoms with van der Waals surface area (Å²) in [6.07, 6.45) is 0.551. The Kier molecular flexibility index (Phi) is 6.12. The zero-order valence-electron chi connectivity index (χ0n) is 15.2. The van der Waals surface area contributed by atoms with Crippen LogP contribution in [0.15, 0.2) is 65.2 Å². The van der Waals surface area contributed by atoms with Crippen LogP contribution >= 0.6 is 11.8 Å². The molecule has 5 nitrogen and oxygen atoms in total. The summed E-state index contributed by atoms with van der Waals surface area (Å²) in [6.45, 7) is 2.13. The predicted molar refractivity (Wildman–Crippen MR) is 106 cm³/mol. The standard InChI is InChI=1S/C21H18FN3O2S/c1-2-18-20(27)25(16-10-8-15(22)9-11-16)21(28-18)17(12-23)19(26)24-13-14-6-4-3-5-7-14/h3-11,18H,2,13H2,1H3,(H,24,26)/b21-17+/t18-/m1/s1. The summed E-state index contributed by atoms with van der Waals surface area (Å²) < 4.78 is 13.3. The third-order valence-electron chi connectivity index (χ3n) is 4.26. The van der Waals surface area contributed by atoms with E-state index in [0.717, 1.165) is 5.56 Å². The van der Waals surface area contributed by atoms with Gasteiger partial charge in [0.05, 0.1) is 5.25 Å². The van der Waals surface area contributed by atoms with Crippen LogP contribution in [0.25, 0.3) is 0 Å². The highest BCUT2D eigenvalue weighted by Gasteiger charge is 2.39. The number of nitrogens with zero attached hydrogens (tertiary/aromatic N) is 2. The Morgan fingerprint density at radius 2 is 1.89 bits per heavy atom. The van der Waals surface area contributed by atoms with Gasteiger partial charge in [0.15, 0.2) is 0 Å². The van der Waals surface area contributed by atoms with Gasteiger partial charge >= 0.3 is 0 Å². The van der Waals surface area contributed by atoms with Gasteiger partial charge in [0.1, 0.15) is 22.5 Å². The number of anilines is 1. The fourth-order valence-corrected chi connectivity index (χ4v) is 4.01. The summed E-state index contributed by atoms with van der Waals surface area (Å²) in [5.74, 6) is -1.20. The Balaban J connectivity index is 1.93. The molecule has 7 heteroatoms. The minimum atomic E-state index is -0.550. The lowest BCUT2D eigenvalue weighted by Crippen LogP contribution is -2.31. The lowest BCUT2D eigenvalue weighted by Gasteiger charge is -2.18. The van der Waals surface area contributed by atoms with E-state index in [1.807, 2.05) is 43.3 Å². The molecule has 1 atom stereocenters. The third-order valence-corrected chi connectivity index (χ3v) is 5.69. The van der Waals surface area contributed by atoms with E-state index in [9.17, 15) is 19.2 Å². The van der Waals surface area contributed by atoms with Crippen LogP contribution in [0.3, 0.4) is 0 Å². The van der Waals surface area contributed by atoms with E-state index in [0.29, 0.717) is 12.1 Å². The number of halogens is 1. The van der Waals surface area contributed by atoms with Gasteiger partial charge in [-0.25, -0.2) is 4.39 Å². The third kappa shape index (κ3) is 4.07. The molecule has 1 aliphatic heterocycles. The van der Waals surface area contributed by atoms with Crippen LogP contribution in [0.5, 0.6) is 0 Å². The molecule has 2 aromatic rings. The first-order chi connectivity index (χ1) is 13.5. The highest BCUT2D eigenvalue weighted by molar-refractivity contribution is 8.05. The van der Waals surface area contributed by atoms with Crippen molar-refractivity contribution in [1.29, 1.82) is 5.26 Å². The molecule has 0 aliphatic carbocycles. The van der Waals surface area contributed by atoms with Crippen molar-refractivity contribution >= 4 is 29.3 Å². The summed E-state index contributed by atoms with van der Waals surface area (Å²) in [7, 11) is 0. The number of nitrogens with one attached hydrogen (secondary N) is 1. The number of amides is 2. The minimum absolute atomic E-state index is 0.130. The average molecular weight is 395 g/mol. The van der Waals surface area contributed by atoms with Crippen molar-refractivity contribution < 1.29 is 14.0 Å². The van der Waals surface area contributed by atoms with Crippen molar-refractivity contribution in [3.63, 3.8) is 0 Å². The Labute approximate surface area is 166 Å². The quantitative estimate of drug-likeness (QED) is 0.618. The maximum absolute atomic E-state index is 13.3. The summed E-state index contributed by atoms with van der Waals surface area (Å²) in [6, 6.07) is 16.7. The number of carbonyl (C=O) groups excluding carboxylic acids is 2. The summed E-state index contributed by atoms with van der Waals surface area (Å²) in [5.41, 5.74) is 1.19. The number of benzene rings is 2. The Hall–Kier alpha value is -3.11. The number of nitriles is 1. The van der Waals surface area contributed by atoms with E-state index in [4.69, 9.17) is 0 Å². The zero-order chi connectivity index (χ0) is 20.1. The number of hydrogen-bond acceptors (Lipinski definition) is 4. The molecule has 1 saturated heterocycles. The predicted octanol–water partition coefficient (Wildman–Crippen LogP) is 3.74. The Bertz CT molecular complexity index is 952. The van der Waals surface area contributed by atoms with Crippen molar-refractivity contribution in [3.8, 4) is 6.07 Å². The first-order valence-electron chi connectivity index (χ1n) is 8.77. The Morgan fingerprint density at radius 1 is 1.21 bits per heavy atom. The molecule has 2 amide bonds. The van der Waals surface area contributed by atoms with Crippen LogP contribution in [0, 0.1) is 17.1 Å². The number of carbonyl (C=O) groups is 2. The van der Waals surface area contributed by atoms with Crippen LogP contribution in [-0.4, -0.2) is 17.1 Å². The zero-order valence-corrected chi connectivity index (χ0v) is 16.0. The molecule has 142 valence electrons. The second-order valence-corrected chi connectivity index (χ2v) is 7.32. The monoisotopic (exact) mass is 395 g/mol. The molecule has 3 rings (SSSR count). The summed E-state index contributed by atoms with van der Waals surface area (Å²) in [5, 5.41) is 12.2.